The molecule has 3 rings (SSSR count). The van der Waals surface area contributed by atoms with Gasteiger partial charge in [-0.05, 0) is 25.9 Å². The lowest BCUT2D eigenvalue weighted by Crippen LogP contribution is -2.48. The summed E-state index contributed by atoms with van der Waals surface area (Å²) < 4.78 is 34.3. The SMILES string of the molecule is O=S1(=O)CC(N2CCCCC2)C2=C(CCOC2)O1. The van der Waals surface area contributed by atoms with Crippen LogP contribution in [0.3, 0.4) is 0 Å². The number of hydrogen-bond acceptors (Lipinski definition) is 5. The van der Waals surface area contributed by atoms with Gasteiger partial charge in [-0.2, -0.15) is 8.42 Å². The van der Waals surface area contributed by atoms with E-state index in [1.54, 1.807) is 0 Å². The number of likely N-dealkylation sites (tertiary alicyclic amines) is 1. The number of rotatable bonds is 1. The maximum absolute atomic E-state index is 11.8. The fourth-order valence-electron chi connectivity index (χ4n) is 3.00. The molecule has 0 aromatic rings. The molecule has 0 bridgehead atoms. The highest BCUT2D eigenvalue weighted by Gasteiger charge is 2.38. The van der Waals surface area contributed by atoms with Crippen molar-refractivity contribution in [2.75, 3.05) is 32.1 Å². The monoisotopic (exact) mass is 273 g/mol. The van der Waals surface area contributed by atoms with Gasteiger partial charge in [0.2, 0.25) is 0 Å². The molecule has 5 nitrogen and oxygen atoms in total. The van der Waals surface area contributed by atoms with E-state index >= 15 is 0 Å². The molecule has 3 aliphatic heterocycles. The molecular formula is C12H19NO4S. The Morgan fingerprint density at radius 1 is 1.17 bits per heavy atom. The Kier molecular flexibility index (Phi) is 3.34. The first kappa shape index (κ1) is 12.4. The average molecular weight is 273 g/mol. The van der Waals surface area contributed by atoms with E-state index in [0.29, 0.717) is 25.4 Å². The van der Waals surface area contributed by atoms with Gasteiger partial charge in [-0.1, -0.05) is 6.42 Å². The van der Waals surface area contributed by atoms with Crippen LogP contribution in [-0.4, -0.2) is 51.4 Å². The van der Waals surface area contributed by atoms with Gasteiger partial charge in [-0.3, -0.25) is 4.90 Å². The van der Waals surface area contributed by atoms with Gasteiger partial charge in [0.1, 0.15) is 11.5 Å². The fourth-order valence-corrected chi connectivity index (χ4v) is 4.37. The minimum atomic E-state index is -3.41. The van der Waals surface area contributed by atoms with E-state index < -0.39 is 10.1 Å². The maximum atomic E-state index is 11.8. The molecule has 0 spiro atoms. The largest absolute Gasteiger partial charge is 0.387 e. The second kappa shape index (κ2) is 4.83. The van der Waals surface area contributed by atoms with Crippen molar-refractivity contribution < 1.29 is 17.3 Å². The summed E-state index contributed by atoms with van der Waals surface area (Å²) in [5, 5.41) is 0. The van der Waals surface area contributed by atoms with Crippen molar-refractivity contribution in [3.05, 3.63) is 11.3 Å². The molecule has 6 heteroatoms. The Bertz CT molecular complexity index is 451. The zero-order valence-corrected chi connectivity index (χ0v) is 11.2. The predicted octanol–water partition coefficient (Wildman–Crippen LogP) is 0.875. The molecule has 3 aliphatic rings. The molecule has 1 unspecified atom stereocenters. The van der Waals surface area contributed by atoms with Crippen molar-refractivity contribution in [1.82, 2.24) is 4.90 Å². The van der Waals surface area contributed by atoms with Crippen LogP contribution >= 0.6 is 0 Å². The molecule has 18 heavy (non-hydrogen) atoms. The van der Waals surface area contributed by atoms with E-state index in [1.807, 2.05) is 0 Å². The van der Waals surface area contributed by atoms with Crippen LogP contribution in [0, 0.1) is 0 Å². The van der Waals surface area contributed by atoms with E-state index in [9.17, 15) is 8.42 Å². The van der Waals surface area contributed by atoms with E-state index in [-0.39, 0.29) is 11.8 Å². The summed E-state index contributed by atoms with van der Waals surface area (Å²) in [6, 6.07) is -0.0284. The zero-order chi connectivity index (χ0) is 12.6. The van der Waals surface area contributed by atoms with E-state index in [4.69, 9.17) is 8.92 Å². The van der Waals surface area contributed by atoms with Gasteiger partial charge < -0.3 is 8.92 Å². The Hall–Kier alpha value is -0.590. The lowest BCUT2D eigenvalue weighted by molar-refractivity contribution is 0.0995. The minimum Gasteiger partial charge on any atom is -0.387 e. The summed E-state index contributed by atoms with van der Waals surface area (Å²) in [5.41, 5.74) is 1.05. The molecule has 1 atom stereocenters. The Morgan fingerprint density at radius 3 is 2.72 bits per heavy atom. The third-order valence-corrected chi connectivity index (χ3v) is 5.09. The lowest BCUT2D eigenvalue weighted by atomic mass is 10.0. The number of hydrogen-bond donors (Lipinski definition) is 0. The van der Waals surface area contributed by atoms with Gasteiger partial charge in [0.25, 0.3) is 0 Å². The van der Waals surface area contributed by atoms with Crippen LogP contribution in [-0.2, 0) is 19.0 Å². The Labute approximate surface area is 108 Å². The maximum Gasteiger partial charge on any atom is 0.310 e. The number of ether oxygens (including phenoxy) is 1. The van der Waals surface area contributed by atoms with Crippen molar-refractivity contribution in [1.29, 1.82) is 0 Å². The highest BCUT2D eigenvalue weighted by Crippen LogP contribution is 2.31. The smallest absolute Gasteiger partial charge is 0.310 e. The summed E-state index contributed by atoms with van der Waals surface area (Å²) >= 11 is 0. The summed E-state index contributed by atoms with van der Waals surface area (Å²) in [6.07, 6.45) is 4.13. The molecular weight excluding hydrogens is 254 g/mol. The minimum absolute atomic E-state index is 0.0284. The third-order valence-electron chi connectivity index (χ3n) is 3.91. The van der Waals surface area contributed by atoms with Crippen molar-refractivity contribution in [3.63, 3.8) is 0 Å². The quantitative estimate of drug-likeness (QED) is 0.664. The van der Waals surface area contributed by atoms with E-state index in [0.717, 1.165) is 31.5 Å². The molecule has 0 radical (unpaired) electrons. The molecule has 1 saturated heterocycles. The highest BCUT2D eigenvalue weighted by molar-refractivity contribution is 7.86. The van der Waals surface area contributed by atoms with Crippen molar-refractivity contribution in [2.45, 2.75) is 31.7 Å². The molecule has 3 heterocycles. The fraction of sp³-hybridized carbons (Fsp3) is 0.833. The molecule has 0 aromatic carbocycles. The second-order valence-electron chi connectivity index (χ2n) is 5.17. The van der Waals surface area contributed by atoms with Crippen LogP contribution in [0.15, 0.2) is 11.3 Å². The summed E-state index contributed by atoms with van der Waals surface area (Å²) in [6.45, 7) is 3.04. The number of piperidine rings is 1. The van der Waals surface area contributed by atoms with Crippen molar-refractivity contribution in [3.8, 4) is 0 Å². The average Bonchev–Trinajstić information content (AvgIpc) is 2.38. The van der Waals surface area contributed by atoms with Crippen LogP contribution < -0.4 is 0 Å². The molecule has 0 saturated carbocycles. The molecule has 0 aromatic heterocycles. The van der Waals surface area contributed by atoms with E-state index in [1.165, 1.54) is 6.42 Å². The standard InChI is InChI=1S/C12H19NO4S/c14-18(15)9-11(13-5-2-1-3-6-13)10-8-16-7-4-12(10)17-18/h11H,1-9H2. The van der Waals surface area contributed by atoms with Gasteiger partial charge >= 0.3 is 10.1 Å². The summed E-state index contributed by atoms with van der Waals surface area (Å²) in [5.74, 6) is 0.720. The van der Waals surface area contributed by atoms with E-state index in [2.05, 4.69) is 4.90 Å². The van der Waals surface area contributed by atoms with Gasteiger partial charge in [0, 0.05) is 12.0 Å². The second-order valence-corrected chi connectivity index (χ2v) is 6.79. The Morgan fingerprint density at radius 2 is 1.94 bits per heavy atom. The van der Waals surface area contributed by atoms with Crippen molar-refractivity contribution >= 4 is 10.1 Å². The predicted molar refractivity (Wildman–Crippen MR) is 66.5 cm³/mol. The molecule has 0 amide bonds. The van der Waals surface area contributed by atoms with Gasteiger partial charge in [0.05, 0.1) is 19.3 Å². The summed E-state index contributed by atoms with van der Waals surface area (Å²) in [7, 11) is -3.41. The molecule has 0 aliphatic carbocycles. The molecule has 1 fully saturated rings. The van der Waals surface area contributed by atoms with Crippen LogP contribution in [0.25, 0.3) is 0 Å². The highest BCUT2D eigenvalue weighted by atomic mass is 32.2. The number of nitrogens with zero attached hydrogens (tertiary/aromatic N) is 1. The van der Waals surface area contributed by atoms with Gasteiger partial charge in [-0.25, -0.2) is 0 Å². The topological polar surface area (TPSA) is 55.8 Å². The van der Waals surface area contributed by atoms with Crippen molar-refractivity contribution in [2.24, 2.45) is 0 Å². The zero-order valence-electron chi connectivity index (χ0n) is 10.4. The van der Waals surface area contributed by atoms with Crippen LogP contribution in [0.2, 0.25) is 0 Å². The third kappa shape index (κ3) is 2.41. The van der Waals surface area contributed by atoms with Crippen LogP contribution in [0.1, 0.15) is 25.7 Å². The first-order valence-corrected chi connectivity index (χ1v) is 8.19. The molecule has 0 N–H and O–H groups in total. The van der Waals surface area contributed by atoms with Gasteiger partial charge in [0.15, 0.2) is 0 Å². The summed E-state index contributed by atoms with van der Waals surface area (Å²) in [4.78, 5) is 2.29. The van der Waals surface area contributed by atoms with Crippen LogP contribution in [0.5, 0.6) is 0 Å². The van der Waals surface area contributed by atoms with Gasteiger partial charge in [-0.15, -0.1) is 0 Å². The van der Waals surface area contributed by atoms with Crippen LogP contribution in [0.4, 0.5) is 0 Å². The first-order valence-electron chi connectivity index (χ1n) is 6.61. The lowest BCUT2D eigenvalue weighted by Gasteiger charge is -2.39. The normalized spacial score (nSPS) is 32.8. The first-order chi connectivity index (χ1) is 8.66. The molecule has 102 valence electrons. The Balaban J connectivity index is 1.90.